The number of pyridine rings is 1. The van der Waals surface area contributed by atoms with Crippen LogP contribution in [0.15, 0.2) is 24.4 Å². The van der Waals surface area contributed by atoms with Crippen molar-refractivity contribution in [2.75, 3.05) is 31.9 Å². The van der Waals surface area contributed by atoms with Gasteiger partial charge < -0.3 is 14.4 Å². The average molecular weight is 526 g/mol. The molecule has 2 aliphatic rings. The predicted molar refractivity (Wildman–Crippen MR) is 124 cm³/mol. The van der Waals surface area contributed by atoms with Crippen LogP contribution >= 0.6 is 0 Å². The fourth-order valence-corrected chi connectivity index (χ4v) is 5.18. The summed E-state index contributed by atoms with van der Waals surface area (Å²) in [6.07, 6.45) is 0.466. The third kappa shape index (κ3) is 4.65. The molecule has 1 N–H and O–H groups in total. The van der Waals surface area contributed by atoms with Gasteiger partial charge in [0.2, 0.25) is 0 Å². The Kier molecular flexibility index (Phi) is 6.75. The Morgan fingerprint density at radius 2 is 2.00 bits per heavy atom. The molecule has 11 nitrogen and oxygen atoms in total. The molecule has 2 aromatic rings. The van der Waals surface area contributed by atoms with E-state index in [4.69, 9.17) is 9.47 Å². The number of rotatable bonds is 6. The van der Waals surface area contributed by atoms with Gasteiger partial charge in [0, 0.05) is 38.8 Å². The number of fused-ring (bicyclic) bond motifs is 1. The van der Waals surface area contributed by atoms with Crippen molar-refractivity contribution in [2.24, 2.45) is 0 Å². The molecule has 1 unspecified atom stereocenters. The SMILES string of the molecule is CC(c1ccc(F)c(NS(=O)(=O)N2CCC2)c1F)N1C(=O)Oc2cc(OC(=O)N(C)C)cnc2[C@H]1C. The first kappa shape index (κ1) is 25.6. The second-order valence-electron chi connectivity index (χ2n) is 8.63. The minimum atomic E-state index is -4.12. The van der Waals surface area contributed by atoms with E-state index in [0.29, 0.717) is 12.1 Å². The molecule has 0 radical (unpaired) electrons. The maximum atomic E-state index is 15.4. The van der Waals surface area contributed by atoms with Crippen LogP contribution in [-0.2, 0) is 10.2 Å². The minimum absolute atomic E-state index is 0.0673. The van der Waals surface area contributed by atoms with E-state index in [1.807, 2.05) is 4.72 Å². The molecule has 14 heteroatoms. The number of amides is 2. The summed E-state index contributed by atoms with van der Waals surface area (Å²) in [5.41, 5.74) is -0.621. The lowest BCUT2D eigenvalue weighted by Crippen LogP contribution is -2.45. The lowest BCUT2D eigenvalue weighted by Gasteiger charge is -2.37. The van der Waals surface area contributed by atoms with Crippen LogP contribution in [0, 0.1) is 11.6 Å². The Morgan fingerprint density at radius 1 is 1.31 bits per heavy atom. The zero-order valence-electron chi connectivity index (χ0n) is 20.0. The van der Waals surface area contributed by atoms with Crippen LogP contribution in [0.5, 0.6) is 11.5 Å². The molecule has 194 valence electrons. The van der Waals surface area contributed by atoms with Crippen LogP contribution in [0.4, 0.5) is 24.1 Å². The van der Waals surface area contributed by atoms with Gasteiger partial charge in [-0.3, -0.25) is 14.6 Å². The van der Waals surface area contributed by atoms with Gasteiger partial charge in [-0.1, -0.05) is 6.07 Å². The summed E-state index contributed by atoms with van der Waals surface area (Å²) in [7, 11) is -1.11. The van der Waals surface area contributed by atoms with Crippen molar-refractivity contribution in [3.05, 3.63) is 47.3 Å². The highest BCUT2D eigenvalue weighted by Crippen LogP contribution is 2.41. The Labute approximate surface area is 206 Å². The third-order valence-electron chi connectivity index (χ3n) is 6.02. The van der Waals surface area contributed by atoms with Crippen LogP contribution in [0.1, 0.15) is 43.6 Å². The first-order valence-electron chi connectivity index (χ1n) is 11.1. The minimum Gasteiger partial charge on any atom is -0.408 e. The number of carbonyl (C=O) groups is 2. The lowest BCUT2D eigenvalue weighted by molar-refractivity contribution is 0.0958. The van der Waals surface area contributed by atoms with E-state index in [1.54, 1.807) is 6.92 Å². The normalized spacial score (nSPS) is 18.6. The summed E-state index contributed by atoms with van der Waals surface area (Å²) >= 11 is 0. The van der Waals surface area contributed by atoms with E-state index in [9.17, 15) is 22.4 Å². The molecule has 1 aromatic carbocycles. The lowest BCUT2D eigenvalue weighted by atomic mass is 10.0. The molecular formula is C22H25F2N5O6S. The predicted octanol–water partition coefficient (Wildman–Crippen LogP) is 3.42. The van der Waals surface area contributed by atoms with Crippen LogP contribution < -0.4 is 14.2 Å². The van der Waals surface area contributed by atoms with Crippen molar-refractivity contribution in [2.45, 2.75) is 32.4 Å². The summed E-state index contributed by atoms with van der Waals surface area (Å²) in [4.78, 5) is 31.3. The molecule has 1 fully saturated rings. The molecule has 1 aromatic heterocycles. The average Bonchev–Trinajstić information content (AvgIpc) is 2.74. The van der Waals surface area contributed by atoms with Gasteiger partial charge in [-0.05, 0) is 26.3 Å². The monoisotopic (exact) mass is 525 g/mol. The standard InChI is InChI=1S/C22H25F2N5O6S/c1-12(15-6-7-16(23)20(18(15)24)26-36(32,33)28-8-5-9-28)29-13(2)19-17(35-22(29)31)10-14(11-25-19)34-21(30)27(3)4/h6-7,10-13,26H,5,8-9H2,1-4H3/t12?,13-/m1/s1. The number of nitrogens with one attached hydrogen (secondary N) is 1. The number of carbonyl (C=O) groups excluding carboxylic acids is 2. The number of ether oxygens (including phenoxy) is 2. The topological polar surface area (TPSA) is 121 Å². The summed E-state index contributed by atoms with van der Waals surface area (Å²) in [5.74, 6) is -2.09. The fourth-order valence-electron chi connectivity index (χ4n) is 3.87. The Hall–Kier alpha value is -3.52. The molecule has 0 aliphatic carbocycles. The maximum Gasteiger partial charge on any atom is 0.416 e. The Bertz CT molecular complexity index is 1320. The van der Waals surface area contributed by atoms with Gasteiger partial charge in [0.25, 0.3) is 0 Å². The van der Waals surface area contributed by atoms with E-state index < -0.39 is 51.8 Å². The first-order valence-corrected chi connectivity index (χ1v) is 12.5. The molecule has 2 amide bonds. The first-order chi connectivity index (χ1) is 16.9. The quantitative estimate of drug-likeness (QED) is 0.613. The molecule has 4 rings (SSSR count). The van der Waals surface area contributed by atoms with Crippen LogP contribution in [-0.4, -0.2) is 66.9 Å². The highest BCUT2D eigenvalue weighted by atomic mass is 32.2. The summed E-state index contributed by atoms with van der Waals surface area (Å²) < 4.78 is 68.2. The number of hydrogen-bond acceptors (Lipinski definition) is 7. The number of benzene rings is 1. The van der Waals surface area contributed by atoms with Crippen molar-refractivity contribution in [3.63, 3.8) is 0 Å². The number of aromatic nitrogens is 1. The van der Waals surface area contributed by atoms with Crippen molar-refractivity contribution in [1.82, 2.24) is 19.1 Å². The van der Waals surface area contributed by atoms with Gasteiger partial charge in [0.15, 0.2) is 17.3 Å². The largest absolute Gasteiger partial charge is 0.416 e. The van der Waals surface area contributed by atoms with Crippen molar-refractivity contribution >= 4 is 28.1 Å². The van der Waals surface area contributed by atoms with E-state index in [2.05, 4.69) is 4.98 Å². The van der Waals surface area contributed by atoms with Gasteiger partial charge in [0.05, 0.1) is 18.3 Å². The number of hydrogen-bond donors (Lipinski definition) is 1. The molecular weight excluding hydrogens is 500 g/mol. The van der Waals surface area contributed by atoms with Crippen molar-refractivity contribution in [1.29, 1.82) is 0 Å². The molecule has 2 aliphatic heterocycles. The Balaban J connectivity index is 1.61. The molecule has 0 bridgehead atoms. The summed E-state index contributed by atoms with van der Waals surface area (Å²) in [5, 5.41) is 0. The van der Waals surface area contributed by atoms with Gasteiger partial charge in [-0.15, -0.1) is 0 Å². The Morgan fingerprint density at radius 3 is 2.61 bits per heavy atom. The molecule has 36 heavy (non-hydrogen) atoms. The van der Waals surface area contributed by atoms with Crippen LogP contribution in [0.3, 0.4) is 0 Å². The van der Waals surface area contributed by atoms with E-state index in [1.165, 1.54) is 43.1 Å². The molecule has 1 saturated heterocycles. The van der Waals surface area contributed by atoms with E-state index in [0.717, 1.165) is 16.4 Å². The zero-order valence-corrected chi connectivity index (χ0v) is 20.8. The zero-order chi connectivity index (χ0) is 26.4. The van der Waals surface area contributed by atoms with Gasteiger partial charge in [-0.2, -0.15) is 12.7 Å². The third-order valence-corrected chi connectivity index (χ3v) is 7.53. The molecule has 0 saturated carbocycles. The maximum absolute atomic E-state index is 15.4. The number of anilines is 1. The second-order valence-corrected chi connectivity index (χ2v) is 10.3. The molecule has 3 heterocycles. The van der Waals surface area contributed by atoms with Crippen molar-refractivity contribution < 1.29 is 36.3 Å². The smallest absolute Gasteiger partial charge is 0.408 e. The highest BCUT2D eigenvalue weighted by Gasteiger charge is 2.38. The molecule has 2 atom stereocenters. The fraction of sp³-hybridized carbons (Fsp3) is 0.409. The molecule has 0 spiro atoms. The van der Waals surface area contributed by atoms with Gasteiger partial charge >= 0.3 is 22.4 Å². The van der Waals surface area contributed by atoms with Crippen molar-refractivity contribution in [3.8, 4) is 11.5 Å². The summed E-state index contributed by atoms with van der Waals surface area (Å²) in [6.45, 7) is 3.66. The van der Waals surface area contributed by atoms with E-state index in [-0.39, 0.29) is 30.2 Å². The van der Waals surface area contributed by atoms with Crippen LogP contribution in [0.2, 0.25) is 0 Å². The van der Waals surface area contributed by atoms with Gasteiger partial charge in [-0.25, -0.2) is 18.4 Å². The van der Waals surface area contributed by atoms with E-state index >= 15 is 4.39 Å². The highest BCUT2D eigenvalue weighted by molar-refractivity contribution is 7.90. The summed E-state index contributed by atoms with van der Waals surface area (Å²) in [6, 6.07) is 1.73. The number of nitrogens with zero attached hydrogens (tertiary/aromatic N) is 4. The number of halogens is 2. The van der Waals surface area contributed by atoms with Gasteiger partial charge in [0.1, 0.15) is 17.2 Å². The van der Waals surface area contributed by atoms with Crippen LogP contribution in [0.25, 0.3) is 0 Å². The second kappa shape index (κ2) is 9.50.